The molecule has 0 radical (unpaired) electrons. The quantitative estimate of drug-likeness (QED) is 0.344. The Morgan fingerprint density at radius 2 is 1.94 bits per heavy atom. The summed E-state index contributed by atoms with van der Waals surface area (Å²) in [6.07, 6.45) is 2.72. The van der Waals surface area contributed by atoms with E-state index in [0.29, 0.717) is 11.1 Å². The van der Waals surface area contributed by atoms with Gasteiger partial charge in [0.2, 0.25) is 0 Å². The second-order valence-corrected chi connectivity index (χ2v) is 7.35. The van der Waals surface area contributed by atoms with E-state index in [2.05, 4.69) is 10.3 Å². The first-order valence-corrected chi connectivity index (χ1v) is 10.1. The van der Waals surface area contributed by atoms with Crippen molar-refractivity contribution in [3.05, 3.63) is 70.8 Å². The van der Waals surface area contributed by atoms with Gasteiger partial charge in [0.1, 0.15) is 17.9 Å². The van der Waals surface area contributed by atoms with E-state index in [0.717, 1.165) is 25.2 Å². The average Bonchev–Trinajstić information content (AvgIpc) is 2.72. The zero-order valence-electron chi connectivity index (χ0n) is 17.8. The number of aldehydes is 1. The van der Waals surface area contributed by atoms with Crippen molar-refractivity contribution in [2.75, 3.05) is 7.05 Å². The van der Waals surface area contributed by atoms with Crippen molar-refractivity contribution in [1.29, 1.82) is 0 Å². The van der Waals surface area contributed by atoms with Crippen LogP contribution >= 0.6 is 0 Å². The van der Waals surface area contributed by atoms with Crippen LogP contribution in [0.15, 0.2) is 47.5 Å². The van der Waals surface area contributed by atoms with E-state index in [9.17, 15) is 18.4 Å². The number of halogens is 2. The number of carbonyl (C=O) groups excluding carboxylic acids is 2. The molecule has 0 aliphatic carbocycles. The maximum atomic E-state index is 14.1. The number of aliphatic imine (C=N–C) groups is 1. The number of guanidine groups is 1. The zero-order chi connectivity index (χ0) is 22.8. The molecule has 2 aromatic carbocycles. The van der Waals surface area contributed by atoms with Crippen LogP contribution < -0.4 is 11.1 Å². The van der Waals surface area contributed by atoms with Gasteiger partial charge in [0, 0.05) is 32.1 Å². The smallest absolute Gasteiger partial charge is 0.251 e. The number of amides is 1. The van der Waals surface area contributed by atoms with E-state index in [1.54, 1.807) is 30.1 Å². The largest absolute Gasteiger partial charge is 0.370 e. The van der Waals surface area contributed by atoms with E-state index < -0.39 is 17.5 Å². The van der Waals surface area contributed by atoms with Gasteiger partial charge in [-0.15, -0.1) is 0 Å². The first kappa shape index (κ1) is 24.0. The van der Waals surface area contributed by atoms with Crippen LogP contribution in [0.25, 0.3) is 0 Å². The molecule has 0 bridgehead atoms. The Kier molecular flexibility index (Phi) is 9.12. The minimum atomic E-state index is -0.554. The summed E-state index contributed by atoms with van der Waals surface area (Å²) in [5, 5.41) is 2.66. The summed E-state index contributed by atoms with van der Waals surface area (Å²) in [6.45, 7) is 2.36. The zero-order valence-corrected chi connectivity index (χ0v) is 17.8. The third kappa shape index (κ3) is 7.81. The minimum Gasteiger partial charge on any atom is -0.370 e. The topological polar surface area (TPSA) is 87.8 Å². The Hall–Kier alpha value is -3.29. The molecule has 1 atom stereocenters. The van der Waals surface area contributed by atoms with Gasteiger partial charge < -0.3 is 20.7 Å². The predicted octanol–water partition coefficient (Wildman–Crippen LogP) is 3.40. The van der Waals surface area contributed by atoms with Crippen molar-refractivity contribution in [3.8, 4) is 0 Å². The third-order valence-corrected chi connectivity index (χ3v) is 4.68. The van der Waals surface area contributed by atoms with Gasteiger partial charge in [0.15, 0.2) is 5.96 Å². The normalized spacial score (nSPS) is 12.3. The highest BCUT2D eigenvalue weighted by atomic mass is 19.1. The van der Waals surface area contributed by atoms with E-state index in [4.69, 9.17) is 5.73 Å². The molecule has 0 fully saturated rings. The number of carbonyl (C=O) groups is 2. The average molecular weight is 430 g/mol. The van der Waals surface area contributed by atoms with Crippen LogP contribution in [0.4, 0.5) is 8.78 Å². The monoisotopic (exact) mass is 430 g/mol. The summed E-state index contributed by atoms with van der Waals surface area (Å²) >= 11 is 0. The van der Waals surface area contributed by atoms with Crippen LogP contribution in [0.3, 0.4) is 0 Å². The van der Waals surface area contributed by atoms with Crippen LogP contribution in [0, 0.1) is 11.6 Å². The molecule has 0 spiro atoms. The Balaban J connectivity index is 2.07. The summed E-state index contributed by atoms with van der Waals surface area (Å²) < 4.78 is 27.4. The fourth-order valence-electron chi connectivity index (χ4n) is 3.12. The predicted molar refractivity (Wildman–Crippen MR) is 116 cm³/mol. The fourth-order valence-corrected chi connectivity index (χ4v) is 3.12. The second-order valence-electron chi connectivity index (χ2n) is 7.35. The fraction of sp³-hybridized carbons (Fsp3) is 0.348. The standard InChI is InChI=1S/C23H28F2N4O2/c1-3-5-21(8-9-30)28-23(26)29(2)15-17-10-18(13-20(25)12-17)22(31)27-14-16-6-4-7-19(24)11-16/h4,6-7,9-13,21H,3,5,8,14-15H2,1-2H3,(H2,26,28)(H,27,31). The van der Waals surface area contributed by atoms with Gasteiger partial charge in [0.05, 0.1) is 6.04 Å². The van der Waals surface area contributed by atoms with E-state index >= 15 is 0 Å². The second kappa shape index (κ2) is 11.8. The van der Waals surface area contributed by atoms with Gasteiger partial charge in [-0.2, -0.15) is 0 Å². The molecule has 0 heterocycles. The highest BCUT2D eigenvalue weighted by Gasteiger charge is 2.13. The summed E-state index contributed by atoms with van der Waals surface area (Å²) in [5.74, 6) is -1.18. The number of rotatable bonds is 10. The van der Waals surface area contributed by atoms with Crippen molar-refractivity contribution >= 4 is 18.2 Å². The third-order valence-electron chi connectivity index (χ3n) is 4.68. The van der Waals surface area contributed by atoms with Gasteiger partial charge in [-0.05, 0) is 47.9 Å². The summed E-state index contributed by atoms with van der Waals surface area (Å²) in [6, 6.07) is 9.73. The molecule has 0 aliphatic rings. The lowest BCUT2D eigenvalue weighted by Gasteiger charge is -2.20. The summed E-state index contributed by atoms with van der Waals surface area (Å²) in [4.78, 5) is 29.3. The van der Waals surface area contributed by atoms with E-state index in [1.807, 2.05) is 6.92 Å². The maximum Gasteiger partial charge on any atom is 0.251 e. The Morgan fingerprint density at radius 3 is 2.61 bits per heavy atom. The number of hydrogen-bond acceptors (Lipinski definition) is 3. The minimum absolute atomic E-state index is 0.123. The lowest BCUT2D eigenvalue weighted by molar-refractivity contribution is -0.108. The van der Waals surface area contributed by atoms with E-state index in [-0.39, 0.29) is 37.1 Å². The molecule has 2 rings (SSSR count). The molecule has 1 unspecified atom stereocenters. The lowest BCUT2D eigenvalue weighted by atomic mass is 10.1. The number of nitrogens with one attached hydrogen (secondary N) is 1. The molecular weight excluding hydrogens is 402 g/mol. The molecule has 3 N–H and O–H groups in total. The van der Waals surface area contributed by atoms with Gasteiger partial charge in [0.25, 0.3) is 5.91 Å². The van der Waals surface area contributed by atoms with Crippen molar-refractivity contribution < 1.29 is 18.4 Å². The van der Waals surface area contributed by atoms with Crippen LogP contribution in [0.5, 0.6) is 0 Å². The van der Waals surface area contributed by atoms with Crippen molar-refractivity contribution in [2.45, 2.75) is 45.3 Å². The molecule has 1 amide bonds. The van der Waals surface area contributed by atoms with Crippen LogP contribution in [0.1, 0.15) is 47.7 Å². The van der Waals surface area contributed by atoms with Gasteiger partial charge >= 0.3 is 0 Å². The number of benzene rings is 2. The maximum absolute atomic E-state index is 14.1. The van der Waals surface area contributed by atoms with Crippen molar-refractivity contribution in [2.24, 2.45) is 10.7 Å². The number of hydrogen-bond donors (Lipinski definition) is 2. The summed E-state index contributed by atoms with van der Waals surface area (Å²) in [7, 11) is 1.71. The Morgan fingerprint density at radius 1 is 1.19 bits per heavy atom. The molecule has 0 saturated heterocycles. The van der Waals surface area contributed by atoms with Gasteiger partial charge in [-0.3, -0.25) is 4.79 Å². The SMILES string of the molecule is CCCC(CC=O)N=C(N)N(C)Cc1cc(F)cc(C(=O)NCc2cccc(F)c2)c1. The lowest BCUT2D eigenvalue weighted by Crippen LogP contribution is -2.35. The highest BCUT2D eigenvalue weighted by molar-refractivity contribution is 5.94. The molecule has 31 heavy (non-hydrogen) atoms. The molecule has 8 heteroatoms. The molecule has 0 aromatic heterocycles. The van der Waals surface area contributed by atoms with Crippen LogP contribution in [-0.4, -0.2) is 36.1 Å². The molecule has 6 nitrogen and oxygen atoms in total. The first-order valence-electron chi connectivity index (χ1n) is 10.1. The van der Waals surface area contributed by atoms with Gasteiger partial charge in [-0.1, -0.05) is 25.5 Å². The molecule has 0 aliphatic heterocycles. The summed E-state index contributed by atoms with van der Waals surface area (Å²) in [5.41, 5.74) is 7.34. The molecular formula is C23H28F2N4O2. The van der Waals surface area contributed by atoms with Crippen molar-refractivity contribution in [3.63, 3.8) is 0 Å². The Bertz CT molecular complexity index is 934. The highest BCUT2D eigenvalue weighted by Crippen LogP contribution is 2.13. The van der Waals surface area contributed by atoms with Crippen molar-refractivity contribution in [1.82, 2.24) is 10.2 Å². The number of nitrogens with zero attached hydrogens (tertiary/aromatic N) is 2. The van der Waals surface area contributed by atoms with Crippen LogP contribution in [-0.2, 0) is 17.9 Å². The molecule has 0 saturated carbocycles. The van der Waals surface area contributed by atoms with Gasteiger partial charge in [-0.25, -0.2) is 13.8 Å². The molecule has 2 aromatic rings. The molecule has 166 valence electrons. The van der Waals surface area contributed by atoms with E-state index in [1.165, 1.54) is 18.2 Å². The van der Waals surface area contributed by atoms with Crippen LogP contribution in [0.2, 0.25) is 0 Å². The number of nitrogens with two attached hydrogens (primary N) is 1. The Labute approximate surface area is 181 Å². The first-order chi connectivity index (χ1) is 14.8.